The molecule has 0 unspecified atom stereocenters. The van der Waals surface area contributed by atoms with Crippen molar-refractivity contribution in [2.24, 2.45) is 5.41 Å². The largest absolute Gasteiger partial charge is 0.396 e. The minimum absolute atomic E-state index is 0.317. The topological polar surface area (TPSA) is 50.1 Å². The molecule has 1 heterocycles. The number of hydrogen-bond donors (Lipinski definition) is 2. The summed E-state index contributed by atoms with van der Waals surface area (Å²) < 4.78 is 2.18. The molecule has 0 bridgehead atoms. The zero-order chi connectivity index (χ0) is 13.8. The molecule has 0 atom stereocenters. The maximum absolute atomic E-state index is 9.06. The van der Waals surface area contributed by atoms with Crippen molar-refractivity contribution >= 4 is 0 Å². The molecule has 2 fully saturated rings. The third kappa shape index (κ3) is 3.41. The van der Waals surface area contributed by atoms with Crippen molar-refractivity contribution in [3.63, 3.8) is 0 Å². The molecule has 0 aliphatic heterocycles. The Bertz CT molecular complexity index is 419. The Morgan fingerprint density at radius 1 is 1.30 bits per heavy atom. The van der Waals surface area contributed by atoms with Crippen LogP contribution in [0.1, 0.15) is 63.1 Å². The quantitative estimate of drug-likeness (QED) is 0.805. The van der Waals surface area contributed by atoms with E-state index in [0.29, 0.717) is 18.1 Å². The fraction of sp³-hybridized carbons (Fsp3) is 0.812. The van der Waals surface area contributed by atoms with E-state index < -0.39 is 0 Å². The number of aromatic nitrogens is 2. The van der Waals surface area contributed by atoms with Gasteiger partial charge in [0.1, 0.15) is 0 Å². The summed E-state index contributed by atoms with van der Waals surface area (Å²) >= 11 is 0. The lowest BCUT2D eigenvalue weighted by atomic mass is 9.96. The SMILES string of the molecule is OCCC1(CNCc2ccn(C3CCCCC3)n2)CC1. The first-order valence-electron chi connectivity index (χ1n) is 8.17. The van der Waals surface area contributed by atoms with E-state index in [4.69, 9.17) is 10.2 Å². The molecule has 0 spiro atoms. The van der Waals surface area contributed by atoms with Crippen LogP contribution >= 0.6 is 0 Å². The van der Waals surface area contributed by atoms with E-state index in [1.807, 2.05) is 0 Å². The smallest absolute Gasteiger partial charge is 0.0762 e. The highest BCUT2D eigenvalue weighted by Crippen LogP contribution is 2.47. The van der Waals surface area contributed by atoms with Crippen molar-refractivity contribution in [1.82, 2.24) is 15.1 Å². The molecule has 2 N–H and O–H groups in total. The van der Waals surface area contributed by atoms with Gasteiger partial charge >= 0.3 is 0 Å². The first-order chi connectivity index (χ1) is 9.81. The van der Waals surface area contributed by atoms with Crippen LogP contribution in [0.4, 0.5) is 0 Å². The fourth-order valence-electron chi connectivity index (χ4n) is 3.41. The van der Waals surface area contributed by atoms with Gasteiger partial charge in [-0.25, -0.2) is 0 Å². The number of hydrogen-bond acceptors (Lipinski definition) is 3. The summed E-state index contributed by atoms with van der Waals surface area (Å²) in [6.45, 7) is 2.19. The van der Waals surface area contributed by atoms with Gasteiger partial charge in [-0.3, -0.25) is 4.68 Å². The van der Waals surface area contributed by atoms with Crippen LogP contribution < -0.4 is 5.32 Å². The first-order valence-corrected chi connectivity index (χ1v) is 8.17. The van der Waals surface area contributed by atoms with Gasteiger partial charge in [-0.05, 0) is 43.6 Å². The monoisotopic (exact) mass is 277 g/mol. The van der Waals surface area contributed by atoms with Crippen molar-refractivity contribution < 1.29 is 5.11 Å². The predicted octanol–water partition coefficient (Wildman–Crippen LogP) is 2.64. The molecule has 0 aromatic carbocycles. The van der Waals surface area contributed by atoms with Gasteiger partial charge in [-0.2, -0.15) is 5.10 Å². The summed E-state index contributed by atoms with van der Waals surface area (Å²) in [7, 11) is 0. The van der Waals surface area contributed by atoms with E-state index in [9.17, 15) is 0 Å². The summed E-state index contributed by atoms with van der Waals surface area (Å²) in [6.07, 6.45) is 12.3. The molecule has 2 aliphatic carbocycles. The Hall–Kier alpha value is -0.870. The van der Waals surface area contributed by atoms with Crippen LogP contribution in [0.3, 0.4) is 0 Å². The van der Waals surface area contributed by atoms with Crippen LogP contribution in [-0.4, -0.2) is 28.0 Å². The molecule has 2 aliphatic rings. The van der Waals surface area contributed by atoms with Gasteiger partial charge in [-0.15, -0.1) is 0 Å². The highest BCUT2D eigenvalue weighted by molar-refractivity contribution is 5.01. The lowest BCUT2D eigenvalue weighted by Crippen LogP contribution is -2.24. The molecular weight excluding hydrogens is 250 g/mol. The van der Waals surface area contributed by atoms with Gasteiger partial charge < -0.3 is 10.4 Å². The molecule has 1 aromatic heterocycles. The molecule has 1 aromatic rings. The van der Waals surface area contributed by atoms with Gasteiger partial charge in [-0.1, -0.05) is 19.3 Å². The molecule has 3 rings (SSSR count). The van der Waals surface area contributed by atoms with Crippen molar-refractivity contribution in [3.8, 4) is 0 Å². The standard InChI is InChI=1S/C16H27N3O/c20-11-9-16(7-8-16)13-17-12-14-6-10-19(18-14)15-4-2-1-3-5-15/h6,10,15,17,20H,1-5,7-9,11-13H2. The van der Waals surface area contributed by atoms with Crippen LogP contribution in [-0.2, 0) is 6.54 Å². The van der Waals surface area contributed by atoms with Gasteiger partial charge in [0.25, 0.3) is 0 Å². The second-order valence-electron chi connectivity index (χ2n) is 6.66. The van der Waals surface area contributed by atoms with E-state index in [1.165, 1.54) is 44.9 Å². The summed E-state index contributed by atoms with van der Waals surface area (Å²) in [5.74, 6) is 0. The zero-order valence-electron chi connectivity index (χ0n) is 12.4. The Balaban J connectivity index is 1.45. The van der Waals surface area contributed by atoms with Gasteiger partial charge in [0.2, 0.25) is 0 Å². The summed E-state index contributed by atoms with van der Waals surface area (Å²) in [6, 6.07) is 2.77. The Morgan fingerprint density at radius 2 is 2.10 bits per heavy atom. The average Bonchev–Trinajstić information content (AvgIpc) is 3.07. The maximum Gasteiger partial charge on any atom is 0.0762 e. The molecule has 2 saturated carbocycles. The minimum Gasteiger partial charge on any atom is -0.396 e. The van der Waals surface area contributed by atoms with Crippen molar-refractivity contribution in [2.75, 3.05) is 13.2 Å². The minimum atomic E-state index is 0.317. The average molecular weight is 277 g/mol. The van der Waals surface area contributed by atoms with E-state index >= 15 is 0 Å². The second-order valence-corrected chi connectivity index (χ2v) is 6.66. The lowest BCUT2D eigenvalue weighted by Gasteiger charge is -2.21. The van der Waals surface area contributed by atoms with E-state index in [-0.39, 0.29) is 0 Å². The van der Waals surface area contributed by atoms with Gasteiger partial charge in [0, 0.05) is 25.9 Å². The molecule has 20 heavy (non-hydrogen) atoms. The van der Waals surface area contributed by atoms with E-state index in [2.05, 4.69) is 22.3 Å². The number of aliphatic hydroxyl groups is 1. The van der Waals surface area contributed by atoms with Crippen molar-refractivity contribution in [3.05, 3.63) is 18.0 Å². The predicted molar refractivity (Wildman–Crippen MR) is 79.4 cm³/mol. The van der Waals surface area contributed by atoms with Crippen molar-refractivity contribution in [2.45, 2.75) is 64.0 Å². The number of rotatable bonds is 7. The first kappa shape index (κ1) is 14.1. The molecule has 4 nitrogen and oxygen atoms in total. The third-order valence-corrected chi connectivity index (χ3v) is 5.02. The summed E-state index contributed by atoms with van der Waals surface area (Å²) in [5.41, 5.74) is 1.54. The van der Waals surface area contributed by atoms with Gasteiger partial charge in [0.15, 0.2) is 0 Å². The van der Waals surface area contributed by atoms with E-state index in [1.54, 1.807) is 0 Å². The molecule has 0 radical (unpaired) electrons. The molecular formula is C16H27N3O. The summed E-state index contributed by atoms with van der Waals surface area (Å²) in [4.78, 5) is 0. The van der Waals surface area contributed by atoms with Crippen LogP contribution in [0.5, 0.6) is 0 Å². The number of nitrogens with one attached hydrogen (secondary N) is 1. The molecule has 4 heteroatoms. The Labute approximate surface area is 121 Å². The Morgan fingerprint density at radius 3 is 2.80 bits per heavy atom. The lowest BCUT2D eigenvalue weighted by molar-refractivity contribution is 0.245. The normalized spacial score (nSPS) is 22.1. The fourth-order valence-corrected chi connectivity index (χ4v) is 3.41. The van der Waals surface area contributed by atoms with E-state index in [0.717, 1.165) is 25.2 Å². The summed E-state index contributed by atoms with van der Waals surface area (Å²) in [5, 5.41) is 17.3. The molecule has 0 amide bonds. The van der Waals surface area contributed by atoms with Crippen LogP contribution in [0.25, 0.3) is 0 Å². The number of aliphatic hydroxyl groups excluding tert-OH is 1. The Kier molecular flexibility index (Phi) is 4.41. The highest BCUT2D eigenvalue weighted by Gasteiger charge is 2.41. The molecule has 0 saturated heterocycles. The zero-order valence-corrected chi connectivity index (χ0v) is 12.4. The third-order valence-electron chi connectivity index (χ3n) is 5.02. The molecule has 112 valence electrons. The second kappa shape index (κ2) is 6.27. The maximum atomic E-state index is 9.06. The highest BCUT2D eigenvalue weighted by atomic mass is 16.3. The van der Waals surface area contributed by atoms with Crippen LogP contribution in [0.2, 0.25) is 0 Å². The van der Waals surface area contributed by atoms with Crippen molar-refractivity contribution in [1.29, 1.82) is 0 Å². The van der Waals surface area contributed by atoms with Gasteiger partial charge in [0.05, 0.1) is 11.7 Å². The van der Waals surface area contributed by atoms with Crippen LogP contribution in [0, 0.1) is 5.41 Å². The van der Waals surface area contributed by atoms with Crippen LogP contribution in [0.15, 0.2) is 12.3 Å². The number of nitrogens with zero attached hydrogens (tertiary/aromatic N) is 2.